The molecule has 3 heterocycles. The number of anilines is 1. The summed E-state index contributed by atoms with van der Waals surface area (Å²) in [5.41, 5.74) is 4.37. The molecule has 1 amide bonds. The molecule has 1 aliphatic heterocycles. The van der Waals surface area contributed by atoms with Gasteiger partial charge in [0.15, 0.2) is 12.3 Å². The van der Waals surface area contributed by atoms with Crippen molar-refractivity contribution in [3.63, 3.8) is 0 Å². The molecule has 14 heteroatoms. The highest BCUT2D eigenvalue weighted by Gasteiger charge is 2.21. The third-order valence-electron chi connectivity index (χ3n) is 6.27. The van der Waals surface area contributed by atoms with Crippen LogP contribution in [0.3, 0.4) is 0 Å². The zero-order chi connectivity index (χ0) is 26.6. The largest absolute Gasteiger partial charge is 0.497 e. The van der Waals surface area contributed by atoms with Gasteiger partial charge < -0.3 is 19.5 Å². The van der Waals surface area contributed by atoms with Gasteiger partial charge in [0.1, 0.15) is 5.75 Å². The van der Waals surface area contributed by atoms with Crippen molar-refractivity contribution in [2.45, 2.75) is 19.3 Å². The van der Waals surface area contributed by atoms with Crippen molar-refractivity contribution in [2.24, 2.45) is 13.0 Å². The number of hydroxylamine groups is 1. The highest BCUT2D eigenvalue weighted by molar-refractivity contribution is 5.92. The number of halogens is 3. The van der Waals surface area contributed by atoms with E-state index in [0.29, 0.717) is 11.9 Å². The highest BCUT2D eigenvalue weighted by Crippen LogP contribution is 2.25. The molecule has 4 rings (SSSR count). The Balaban J connectivity index is 0.000000998. The molecule has 1 fully saturated rings. The number of aryl methyl sites for hydroxylation is 1. The van der Waals surface area contributed by atoms with Crippen LogP contribution in [0.25, 0.3) is 10.9 Å². The van der Waals surface area contributed by atoms with Crippen molar-refractivity contribution in [1.29, 1.82) is 0 Å². The van der Waals surface area contributed by atoms with Crippen LogP contribution >= 0.6 is 0 Å². The smallest absolute Gasteiger partial charge is 0.277 e. The minimum absolute atomic E-state index is 0. The summed E-state index contributed by atoms with van der Waals surface area (Å²) in [6, 6.07) is 6.24. The lowest BCUT2D eigenvalue weighted by Gasteiger charge is -2.32. The zero-order valence-corrected chi connectivity index (χ0v) is 21.6. The number of methoxy groups -OCH3 is 1. The predicted octanol–water partition coefficient (Wildman–Crippen LogP) is 2.81. The first-order valence-corrected chi connectivity index (χ1v) is 11.8. The maximum absolute atomic E-state index is 11.4. The van der Waals surface area contributed by atoms with Crippen LogP contribution in [0.5, 0.6) is 5.75 Å². The third kappa shape index (κ3) is 9.02. The van der Waals surface area contributed by atoms with E-state index in [2.05, 4.69) is 55.0 Å². The Labute approximate surface area is 223 Å². The molecule has 3 aromatic rings. The topological polar surface area (TPSA) is 134 Å². The molecule has 1 saturated heterocycles. The molecule has 1 aromatic carbocycles. The first kappa shape index (κ1) is 33.0. The van der Waals surface area contributed by atoms with Gasteiger partial charge in [0.25, 0.3) is 5.91 Å². The SMILES string of the molecule is COc1ccc2c(CCNCC3CCN(c4ncc(C(=O)NO)cn4)CC3)cn(C)c2c1.F.F.OOC#CF. The Hall–Kier alpha value is -4.06. The molecule has 0 spiro atoms. The van der Waals surface area contributed by atoms with Gasteiger partial charge >= 0.3 is 0 Å². The van der Waals surface area contributed by atoms with Crippen molar-refractivity contribution in [3.05, 3.63) is 47.9 Å². The second-order valence-corrected chi connectivity index (χ2v) is 8.53. The number of rotatable bonds is 8. The number of carbonyl (C=O) groups is 1. The maximum atomic E-state index is 11.4. The van der Waals surface area contributed by atoms with Crippen LogP contribution in [0, 0.1) is 18.2 Å². The van der Waals surface area contributed by atoms with E-state index in [1.54, 1.807) is 12.6 Å². The number of carbonyl (C=O) groups excluding carboxylic acids is 1. The number of nitrogens with one attached hydrogen (secondary N) is 2. The van der Waals surface area contributed by atoms with Crippen LogP contribution in [0.1, 0.15) is 28.8 Å². The lowest BCUT2D eigenvalue weighted by atomic mass is 9.97. The van der Waals surface area contributed by atoms with Crippen LogP contribution in [0.2, 0.25) is 0 Å². The Kier molecular flexibility index (Phi) is 14.1. The molecule has 0 unspecified atom stereocenters. The summed E-state index contributed by atoms with van der Waals surface area (Å²) in [7, 11) is 3.77. The van der Waals surface area contributed by atoms with E-state index in [-0.39, 0.29) is 15.0 Å². The average molecular weight is 555 g/mol. The van der Waals surface area contributed by atoms with E-state index in [1.807, 2.05) is 6.07 Å². The molecule has 0 atom stereocenters. The van der Waals surface area contributed by atoms with Gasteiger partial charge in [-0.05, 0) is 56.0 Å². The number of hydrogen-bond donors (Lipinski definition) is 4. The fraction of sp³-hybridized carbons (Fsp3) is 0.400. The van der Waals surface area contributed by atoms with Gasteiger partial charge in [-0.1, -0.05) is 0 Å². The van der Waals surface area contributed by atoms with Gasteiger partial charge in [-0.3, -0.25) is 24.3 Å². The number of amides is 1. The molecule has 0 bridgehead atoms. The second kappa shape index (κ2) is 16.7. The molecule has 2 aromatic heterocycles. The molecule has 0 radical (unpaired) electrons. The van der Waals surface area contributed by atoms with E-state index in [9.17, 15) is 9.18 Å². The number of aromatic nitrogens is 3. The molecule has 0 aliphatic carbocycles. The first-order chi connectivity index (χ1) is 18.0. The molecule has 4 N–H and O–H groups in total. The lowest BCUT2D eigenvalue weighted by molar-refractivity contribution is -0.172. The highest BCUT2D eigenvalue weighted by atomic mass is 19.1. The summed E-state index contributed by atoms with van der Waals surface area (Å²) in [6.45, 7) is 3.73. The van der Waals surface area contributed by atoms with E-state index in [1.165, 1.54) is 35.0 Å². The molecular weight excluding hydrogens is 521 g/mol. The van der Waals surface area contributed by atoms with Gasteiger partial charge in [0.2, 0.25) is 5.95 Å². The lowest BCUT2D eigenvalue weighted by Crippen LogP contribution is -2.38. The monoisotopic (exact) mass is 554 g/mol. The summed E-state index contributed by atoms with van der Waals surface area (Å²) in [4.78, 5) is 25.0. The number of hydrogen-bond acceptors (Lipinski definition) is 9. The first-order valence-electron chi connectivity index (χ1n) is 11.8. The van der Waals surface area contributed by atoms with Crippen LogP contribution in [0.15, 0.2) is 36.8 Å². The van der Waals surface area contributed by atoms with E-state index < -0.39 is 5.91 Å². The van der Waals surface area contributed by atoms with E-state index in [4.69, 9.17) is 15.2 Å². The predicted molar refractivity (Wildman–Crippen MR) is 140 cm³/mol. The Morgan fingerprint density at radius 1 is 1.23 bits per heavy atom. The average Bonchev–Trinajstić information content (AvgIpc) is 3.26. The fourth-order valence-corrected chi connectivity index (χ4v) is 4.32. The summed E-state index contributed by atoms with van der Waals surface area (Å²) < 4.78 is 17.9. The molecule has 39 heavy (non-hydrogen) atoms. The molecule has 11 nitrogen and oxygen atoms in total. The number of piperidine rings is 1. The number of fused-ring (bicyclic) bond motifs is 1. The van der Waals surface area contributed by atoms with Crippen molar-refractivity contribution < 1.29 is 38.7 Å². The minimum atomic E-state index is -0.607. The number of nitrogens with zero attached hydrogens (tertiary/aromatic N) is 4. The van der Waals surface area contributed by atoms with Crippen molar-refractivity contribution in [3.8, 4) is 18.0 Å². The van der Waals surface area contributed by atoms with Gasteiger partial charge in [-0.15, -0.1) is 4.39 Å². The van der Waals surface area contributed by atoms with Crippen molar-refractivity contribution >= 4 is 22.8 Å². The summed E-state index contributed by atoms with van der Waals surface area (Å²) in [5, 5.41) is 20.7. The number of ether oxygens (including phenoxy) is 1. The normalized spacial score (nSPS) is 12.6. The summed E-state index contributed by atoms with van der Waals surface area (Å²) in [6.07, 6.45) is 10.3. The van der Waals surface area contributed by atoms with E-state index >= 15 is 0 Å². The zero-order valence-electron chi connectivity index (χ0n) is 21.6. The Bertz CT molecular complexity index is 1220. The van der Waals surface area contributed by atoms with Gasteiger partial charge in [0, 0.05) is 50.2 Å². The molecular formula is C25H33F3N6O5. The third-order valence-corrected chi connectivity index (χ3v) is 6.27. The Morgan fingerprint density at radius 2 is 1.92 bits per heavy atom. The standard InChI is InChI=1S/C23H30N6O3.C2HFO2.2FH/c1-28-15-17(20-4-3-19(32-2)11-21(20)28)5-8-24-12-16-6-9-29(10-7-16)23-25-13-18(14-26-23)22(30)27-31;3-1-2-5-4;;/h3-4,11,13-16,24,31H,5-10,12H2,1-2H3,(H,27,30);4H;2*1H. The molecule has 1 aliphatic rings. The molecule has 0 saturated carbocycles. The van der Waals surface area contributed by atoms with E-state index in [0.717, 1.165) is 57.4 Å². The molecule has 214 valence electrons. The van der Waals surface area contributed by atoms with Gasteiger partial charge in [-0.25, -0.2) is 15.4 Å². The maximum Gasteiger partial charge on any atom is 0.277 e. The number of benzene rings is 1. The van der Waals surface area contributed by atoms with Crippen LogP contribution in [0.4, 0.5) is 19.7 Å². The quantitative estimate of drug-likeness (QED) is 0.109. The second-order valence-electron chi connectivity index (χ2n) is 8.53. The van der Waals surface area contributed by atoms with Crippen molar-refractivity contribution in [2.75, 3.05) is 38.2 Å². The Morgan fingerprint density at radius 3 is 2.49 bits per heavy atom. The van der Waals surface area contributed by atoms with Gasteiger partial charge in [-0.2, -0.15) is 5.26 Å². The minimum Gasteiger partial charge on any atom is -0.497 e. The van der Waals surface area contributed by atoms with Crippen molar-refractivity contribution in [1.82, 2.24) is 25.3 Å². The van der Waals surface area contributed by atoms with Crippen LogP contribution in [-0.4, -0.2) is 64.2 Å². The van der Waals surface area contributed by atoms with Crippen LogP contribution in [-0.2, 0) is 18.4 Å². The summed E-state index contributed by atoms with van der Waals surface area (Å²) in [5.74, 6) is 1.53. The fourth-order valence-electron chi connectivity index (χ4n) is 4.32. The summed E-state index contributed by atoms with van der Waals surface area (Å²) >= 11 is 0. The van der Waals surface area contributed by atoms with Crippen LogP contribution < -0.4 is 20.4 Å². The van der Waals surface area contributed by atoms with Gasteiger partial charge in [0.05, 0.1) is 18.2 Å².